The predicted molar refractivity (Wildman–Crippen MR) is 203 cm³/mol. The van der Waals surface area contributed by atoms with Crippen LogP contribution in [0.2, 0.25) is 0 Å². The van der Waals surface area contributed by atoms with Crippen molar-refractivity contribution < 1.29 is 0 Å². The maximum atomic E-state index is 4.91. The maximum Gasteiger partial charge on any atom is 0.0868 e. The Morgan fingerprint density at radius 1 is 0.500 bits per heavy atom. The van der Waals surface area contributed by atoms with Crippen molar-refractivity contribution in [2.75, 3.05) is 0 Å². The molecule has 50 heavy (non-hydrogen) atoms. The Hall–Kier alpha value is -6.79. The summed E-state index contributed by atoms with van der Waals surface area (Å²) in [5, 5.41) is 8.36. The van der Waals surface area contributed by atoms with Gasteiger partial charge in [0.25, 0.3) is 0 Å². The summed E-state index contributed by atoms with van der Waals surface area (Å²) in [6.07, 6.45) is 16.1. The molecule has 5 aromatic heterocycles. The van der Waals surface area contributed by atoms with Crippen LogP contribution in [0.3, 0.4) is 0 Å². The molecular formula is C44H30N6. The molecule has 4 aromatic carbocycles. The highest BCUT2D eigenvalue weighted by molar-refractivity contribution is 6.09. The molecule has 0 saturated carbocycles. The van der Waals surface area contributed by atoms with E-state index in [2.05, 4.69) is 164 Å². The second-order valence-electron chi connectivity index (χ2n) is 12.7. The van der Waals surface area contributed by atoms with Crippen LogP contribution in [0.5, 0.6) is 0 Å². The van der Waals surface area contributed by atoms with Gasteiger partial charge in [-0.1, -0.05) is 78.9 Å². The van der Waals surface area contributed by atoms with E-state index in [1.165, 1.54) is 27.2 Å². The molecule has 0 radical (unpaired) electrons. The average molecular weight is 643 g/mol. The lowest BCUT2D eigenvalue weighted by Crippen LogP contribution is -2.17. The van der Waals surface area contributed by atoms with Gasteiger partial charge in [-0.2, -0.15) is 0 Å². The van der Waals surface area contributed by atoms with Gasteiger partial charge in [-0.3, -0.25) is 15.0 Å². The van der Waals surface area contributed by atoms with Crippen molar-refractivity contribution in [2.45, 2.75) is 6.04 Å². The molecule has 1 N–H and O–H groups in total. The summed E-state index contributed by atoms with van der Waals surface area (Å²) in [5.74, 6) is 0. The molecule has 1 atom stereocenters. The van der Waals surface area contributed by atoms with Gasteiger partial charge in [0.1, 0.15) is 0 Å². The Morgan fingerprint density at radius 3 is 1.92 bits per heavy atom. The van der Waals surface area contributed by atoms with Gasteiger partial charge >= 0.3 is 0 Å². The minimum atomic E-state index is -0.0167. The number of dihydropyridines is 1. The van der Waals surface area contributed by atoms with Gasteiger partial charge in [0.05, 0.1) is 40.0 Å². The third-order valence-electron chi connectivity index (χ3n) is 9.82. The zero-order valence-electron chi connectivity index (χ0n) is 27.0. The second-order valence-corrected chi connectivity index (χ2v) is 12.7. The minimum Gasteiger partial charge on any atom is -0.379 e. The summed E-state index contributed by atoms with van der Waals surface area (Å²) in [5.41, 5.74) is 12.2. The third-order valence-corrected chi connectivity index (χ3v) is 9.82. The topological polar surface area (TPSA) is 60.6 Å². The number of para-hydroxylation sites is 2. The lowest BCUT2D eigenvalue weighted by molar-refractivity contribution is 0.724. The molecule has 6 heterocycles. The maximum absolute atomic E-state index is 4.91. The van der Waals surface area contributed by atoms with Crippen LogP contribution in [0.1, 0.15) is 17.3 Å². The monoisotopic (exact) mass is 642 g/mol. The highest BCUT2D eigenvalue weighted by Gasteiger charge is 2.16. The van der Waals surface area contributed by atoms with Crippen molar-refractivity contribution in [2.24, 2.45) is 0 Å². The molecule has 1 aliphatic rings. The van der Waals surface area contributed by atoms with Crippen molar-refractivity contribution in [1.82, 2.24) is 29.4 Å². The second kappa shape index (κ2) is 11.4. The Bertz CT molecular complexity index is 2690. The van der Waals surface area contributed by atoms with Gasteiger partial charge in [0.15, 0.2) is 0 Å². The Kier molecular flexibility index (Phi) is 6.45. The summed E-state index contributed by atoms with van der Waals surface area (Å²) in [6, 6.07) is 42.8. The van der Waals surface area contributed by atoms with Crippen molar-refractivity contribution in [3.05, 3.63) is 182 Å². The van der Waals surface area contributed by atoms with Crippen LogP contribution in [0.4, 0.5) is 0 Å². The number of pyridine rings is 3. The number of fused-ring (bicyclic) bond motifs is 6. The number of aromatic nitrogens is 5. The van der Waals surface area contributed by atoms with Crippen LogP contribution in [0, 0.1) is 0 Å². The van der Waals surface area contributed by atoms with Gasteiger partial charge in [-0.25, -0.2) is 0 Å². The molecule has 1 aliphatic heterocycles. The molecule has 0 fully saturated rings. The van der Waals surface area contributed by atoms with Crippen LogP contribution >= 0.6 is 0 Å². The molecular weight excluding hydrogens is 613 g/mol. The standard InChI is InChI=1S/C44H30N6/c1-3-13-41-35(11-1)37-19-21-46-28-44(37)50(41)34-10-6-8-30(24-34)32-16-18-40(48-26-32)39-17-15-31(25-47-39)29-7-5-9-33(23-29)49-42-14-4-2-12-36(42)38-27-45-22-20-43(38)49/h1-28,40,48H. The first-order valence-corrected chi connectivity index (χ1v) is 16.8. The predicted octanol–water partition coefficient (Wildman–Crippen LogP) is 9.97. The van der Waals surface area contributed by atoms with Crippen molar-refractivity contribution in [3.63, 3.8) is 0 Å². The lowest BCUT2D eigenvalue weighted by Gasteiger charge is -2.19. The Labute approximate surface area is 288 Å². The molecule has 6 nitrogen and oxygen atoms in total. The SMILES string of the molecule is C1=CC(c2ccc(-c3cccc(-n4c5ccccc5c5cnccc54)c3)cn2)NC=C1c1cccc(-n2c3ccccc3c3ccncc32)c1. The molecule has 6 heteroatoms. The number of hydrogen-bond donors (Lipinski definition) is 1. The number of hydrogen-bond acceptors (Lipinski definition) is 4. The molecule has 10 rings (SSSR count). The first-order chi connectivity index (χ1) is 24.8. The summed E-state index contributed by atoms with van der Waals surface area (Å²) in [7, 11) is 0. The molecule has 1 unspecified atom stereocenters. The van der Waals surface area contributed by atoms with Gasteiger partial charge in [-0.05, 0) is 71.3 Å². The van der Waals surface area contributed by atoms with Crippen LogP contribution in [0.15, 0.2) is 171 Å². The number of rotatable bonds is 5. The molecule has 0 amide bonds. The van der Waals surface area contributed by atoms with E-state index in [9.17, 15) is 0 Å². The summed E-state index contributed by atoms with van der Waals surface area (Å²) in [6.45, 7) is 0. The van der Waals surface area contributed by atoms with Gasteiger partial charge < -0.3 is 14.5 Å². The first-order valence-electron chi connectivity index (χ1n) is 16.8. The smallest absolute Gasteiger partial charge is 0.0868 e. The van der Waals surface area contributed by atoms with Crippen LogP contribution < -0.4 is 5.32 Å². The van der Waals surface area contributed by atoms with E-state index in [0.717, 1.165) is 55.8 Å². The average Bonchev–Trinajstić information content (AvgIpc) is 3.71. The fraction of sp³-hybridized carbons (Fsp3) is 0.0227. The summed E-state index contributed by atoms with van der Waals surface area (Å²) >= 11 is 0. The van der Waals surface area contributed by atoms with Gasteiger partial charge in [-0.15, -0.1) is 0 Å². The summed E-state index contributed by atoms with van der Waals surface area (Å²) in [4.78, 5) is 13.7. The van der Waals surface area contributed by atoms with Crippen molar-refractivity contribution in [1.29, 1.82) is 0 Å². The minimum absolute atomic E-state index is 0.0167. The molecule has 9 aromatic rings. The van der Waals surface area contributed by atoms with Gasteiger partial charge in [0, 0.05) is 69.5 Å². The van der Waals surface area contributed by atoms with Gasteiger partial charge in [0.2, 0.25) is 0 Å². The lowest BCUT2D eigenvalue weighted by atomic mass is 10.0. The number of nitrogens with one attached hydrogen (secondary N) is 1. The molecule has 236 valence electrons. The van der Waals surface area contributed by atoms with Crippen LogP contribution in [-0.4, -0.2) is 24.1 Å². The number of nitrogens with zero attached hydrogens (tertiary/aromatic N) is 5. The van der Waals surface area contributed by atoms with E-state index in [-0.39, 0.29) is 6.04 Å². The molecule has 0 saturated heterocycles. The highest BCUT2D eigenvalue weighted by Crippen LogP contribution is 2.35. The van der Waals surface area contributed by atoms with E-state index >= 15 is 0 Å². The van der Waals surface area contributed by atoms with E-state index in [1.807, 2.05) is 31.0 Å². The number of allylic oxidation sites excluding steroid dienone is 2. The zero-order chi connectivity index (χ0) is 33.0. The zero-order valence-corrected chi connectivity index (χ0v) is 27.0. The largest absolute Gasteiger partial charge is 0.379 e. The fourth-order valence-corrected chi connectivity index (χ4v) is 7.45. The van der Waals surface area contributed by atoms with E-state index in [4.69, 9.17) is 4.98 Å². The third kappa shape index (κ3) is 4.54. The van der Waals surface area contributed by atoms with Crippen molar-refractivity contribution >= 4 is 49.2 Å². The molecule has 0 aliphatic carbocycles. The van der Waals surface area contributed by atoms with Crippen molar-refractivity contribution in [3.8, 4) is 22.5 Å². The van der Waals surface area contributed by atoms with Crippen LogP contribution in [0.25, 0.3) is 71.7 Å². The Balaban J connectivity index is 0.914. The van der Waals surface area contributed by atoms with E-state index < -0.39 is 0 Å². The van der Waals surface area contributed by atoms with Crippen LogP contribution in [-0.2, 0) is 0 Å². The molecule has 0 spiro atoms. The normalized spacial score (nSPS) is 14.4. The highest BCUT2D eigenvalue weighted by atomic mass is 15.0. The molecule has 0 bridgehead atoms. The Morgan fingerprint density at radius 2 is 1.16 bits per heavy atom. The fourth-order valence-electron chi connectivity index (χ4n) is 7.45. The summed E-state index contributed by atoms with van der Waals surface area (Å²) < 4.78 is 4.61. The van der Waals surface area contributed by atoms with E-state index in [0.29, 0.717) is 0 Å². The first kappa shape index (κ1) is 28.2. The van der Waals surface area contributed by atoms with E-state index in [1.54, 1.807) is 0 Å². The quantitative estimate of drug-likeness (QED) is 0.203. The number of benzene rings is 4.